The van der Waals surface area contributed by atoms with Gasteiger partial charge in [0.1, 0.15) is 0 Å². The zero-order chi connectivity index (χ0) is 14.0. The summed E-state index contributed by atoms with van der Waals surface area (Å²) in [5.74, 6) is 0. The van der Waals surface area contributed by atoms with E-state index in [2.05, 4.69) is 26.0 Å². The van der Waals surface area contributed by atoms with Gasteiger partial charge in [-0.05, 0) is 54.7 Å². The molecule has 0 aliphatic carbocycles. The molecule has 2 aromatic carbocycles. The Hall–Kier alpha value is -1.02. The molecule has 0 saturated carbocycles. The highest BCUT2D eigenvalue weighted by Crippen LogP contribution is 2.29. The van der Waals surface area contributed by atoms with Crippen LogP contribution in [0.1, 0.15) is 28.3 Å². The first-order valence-corrected chi connectivity index (χ1v) is 7.01. The predicted molar refractivity (Wildman–Crippen MR) is 83.0 cm³/mol. The molecule has 0 fully saturated rings. The standard InChI is InChI=1S/C16H17Cl2N/c1-10-5-3-6-12(11(10)2)16(19)9-13-14(17)7-4-8-15(13)18/h3-8,16H,9,19H2,1-2H3. The van der Waals surface area contributed by atoms with Crippen molar-refractivity contribution < 1.29 is 0 Å². The van der Waals surface area contributed by atoms with Crippen molar-refractivity contribution in [3.63, 3.8) is 0 Å². The van der Waals surface area contributed by atoms with Crippen LogP contribution in [0.5, 0.6) is 0 Å². The molecule has 1 atom stereocenters. The molecule has 0 aliphatic heterocycles. The van der Waals surface area contributed by atoms with Gasteiger partial charge in [-0.2, -0.15) is 0 Å². The molecular formula is C16H17Cl2N. The van der Waals surface area contributed by atoms with Gasteiger partial charge in [-0.1, -0.05) is 47.5 Å². The lowest BCUT2D eigenvalue weighted by Crippen LogP contribution is -2.15. The monoisotopic (exact) mass is 293 g/mol. The predicted octanol–water partition coefficient (Wildman–Crippen LogP) is 4.85. The molecule has 2 N–H and O–H groups in total. The van der Waals surface area contributed by atoms with Crippen molar-refractivity contribution in [3.8, 4) is 0 Å². The van der Waals surface area contributed by atoms with E-state index >= 15 is 0 Å². The fourth-order valence-electron chi connectivity index (χ4n) is 2.23. The highest BCUT2D eigenvalue weighted by Gasteiger charge is 2.14. The number of benzene rings is 2. The van der Waals surface area contributed by atoms with Crippen molar-refractivity contribution in [2.75, 3.05) is 0 Å². The van der Waals surface area contributed by atoms with Gasteiger partial charge in [0.2, 0.25) is 0 Å². The Morgan fingerprint density at radius 3 is 2.21 bits per heavy atom. The first kappa shape index (κ1) is 14.4. The first-order chi connectivity index (χ1) is 9.00. The van der Waals surface area contributed by atoms with Gasteiger partial charge in [0.15, 0.2) is 0 Å². The van der Waals surface area contributed by atoms with Crippen LogP contribution in [-0.2, 0) is 6.42 Å². The zero-order valence-corrected chi connectivity index (χ0v) is 12.6. The summed E-state index contributed by atoms with van der Waals surface area (Å²) in [5, 5.41) is 1.35. The van der Waals surface area contributed by atoms with E-state index in [0.29, 0.717) is 16.5 Å². The van der Waals surface area contributed by atoms with Crippen LogP contribution in [0, 0.1) is 13.8 Å². The van der Waals surface area contributed by atoms with Crippen molar-refractivity contribution >= 4 is 23.2 Å². The first-order valence-electron chi connectivity index (χ1n) is 6.25. The van der Waals surface area contributed by atoms with Gasteiger partial charge in [0.25, 0.3) is 0 Å². The number of rotatable bonds is 3. The molecule has 100 valence electrons. The zero-order valence-electron chi connectivity index (χ0n) is 11.1. The van der Waals surface area contributed by atoms with Gasteiger partial charge in [-0.25, -0.2) is 0 Å². The topological polar surface area (TPSA) is 26.0 Å². The van der Waals surface area contributed by atoms with Crippen molar-refractivity contribution in [2.45, 2.75) is 26.3 Å². The lowest BCUT2D eigenvalue weighted by Gasteiger charge is -2.17. The summed E-state index contributed by atoms with van der Waals surface area (Å²) >= 11 is 12.4. The highest BCUT2D eigenvalue weighted by atomic mass is 35.5. The normalized spacial score (nSPS) is 12.5. The quantitative estimate of drug-likeness (QED) is 0.860. The Bertz CT molecular complexity index is 573. The number of nitrogens with two attached hydrogens (primary N) is 1. The largest absolute Gasteiger partial charge is 0.324 e. The average Bonchev–Trinajstić information content (AvgIpc) is 2.37. The van der Waals surface area contributed by atoms with Gasteiger partial charge >= 0.3 is 0 Å². The molecule has 0 aromatic heterocycles. The summed E-state index contributed by atoms with van der Waals surface area (Å²) in [6.45, 7) is 4.19. The Balaban J connectivity index is 2.31. The van der Waals surface area contributed by atoms with Crippen molar-refractivity contribution in [2.24, 2.45) is 5.73 Å². The summed E-state index contributed by atoms with van der Waals surface area (Å²) in [4.78, 5) is 0. The molecule has 1 nitrogen and oxygen atoms in total. The summed E-state index contributed by atoms with van der Waals surface area (Å²) in [7, 11) is 0. The fourth-order valence-corrected chi connectivity index (χ4v) is 2.78. The number of hydrogen-bond donors (Lipinski definition) is 1. The van der Waals surface area contributed by atoms with E-state index in [1.54, 1.807) is 0 Å². The minimum absolute atomic E-state index is 0.0997. The lowest BCUT2D eigenvalue weighted by atomic mass is 9.94. The van der Waals surface area contributed by atoms with Crippen LogP contribution in [0.4, 0.5) is 0 Å². The van der Waals surface area contributed by atoms with Crippen molar-refractivity contribution in [1.29, 1.82) is 0 Å². The van der Waals surface area contributed by atoms with E-state index in [9.17, 15) is 0 Å². The van der Waals surface area contributed by atoms with Crippen LogP contribution in [0.2, 0.25) is 10.0 Å². The van der Waals surface area contributed by atoms with Crippen molar-refractivity contribution in [3.05, 3.63) is 68.7 Å². The molecule has 3 heteroatoms. The Labute approximate surface area is 124 Å². The minimum atomic E-state index is -0.0997. The molecule has 0 spiro atoms. The third kappa shape index (κ3) is 3.11. The SMILES string of the molecule is Cc1cccc(C(N)Cc2c(Cl)cccc2Cl)c1C. The summed E-state index contributed by atoms with van der Waals surface area (Å²) in [5.41, 5.74) is 10.9. The van der Waals surface area contributed by atoms with E-state index in [0.717, 1.165) is 11.1 Å². The number of aryl methyl sites for hydroxylation is 1. The van der Waals surface area contributed by atoms with E-state index in [1.807, 2.05) is 24.3 Å². The van der Waals surface area contributed by atoms with E-state index in [4.69, 9.17) is 28.9 Å². The van der Waals surface area contributed by atoms with Crippen LogP contribution in [0.15, 0.2) is 36.4 Å². The van der Waals surface area contributed by atoms with Crippen LogP contribution >= 0.6 is 23.2 Å². The van der Waals surface area contributed by atoms with Gasteiger partial charge < -0.3 is 5.73 Å². The minimum Gasteiger partial charge on any atom is -0.324 e. The van der Waals surface area contributed by atoms with Crippen LogP contribution in [-0.4, -0.2) is 0 Å². The summed E-state index contributed by atoms with van der Waals surface area (Å²) in [6, 6.07) is 11.6. The second-order valence-electron chi connectivity index (χ2n) is 4.80. The Kier molecular flexibility index (Phi) is 4.51. The molecule has 19 heavy (non-hydrogen) atoms. The summed E-state index contributed by atoms with van der Waals surface area (Å²) in [6.07, 6.45) is 0.642. The maximum absolute atomic E-state index is 6.32. The van der Waals surface area contributed by atoms with E-state index in [-0.39, 0.29) is 6.04 Å². The molecule has 0 radical (unpaired) electrons. The smallest absolute Gasteiger partial charge is 0.0453 e. The molecule has 0 amide bonds. The molecule has 0 heterocycles. The number of halogens is 2. The third-order valence-corrected chi connectivity index (χ3v) is 4.24. The fraction of sp³-hybridized carbons (Fsp3) is 0.250. The van der Waals surface area contributed by atoms with Crippen molar-refractivity contribution in [1.82, 2.24) is 0 Å². The highest BCUT2D eigenvalue weighted by molar-refractivity contribution is 6.36. The van der Waals surface area contributed by atoms with Gasteiger partial charge in [0, 0.05) is 16.1 Å². The second kappa shape index (κ2) is 5.96. The lowest BCUT2D eigenvalue weighted by molar-refractivity contribution is 0.716. The van der Waals surface area contributed by atoms with Crippen LogP contribution < -0.4 is 5.73 Å². The average molecular weight is 294 g/mol. The summed E-state index contributed by atoms with van der Waals surface area (Å²) < 4.78 is 0. The second-order valence-corrected chi connectivity index (χ2v) is 5.61. The van der Waals surface area contributed by atoms with Gasteiger partial charge in [-0.3, -0.25) is 0 Å². The Morgan fingerprint density at radius 1 is 1.00 bits per heavy atom. The van der Waals surface area contributed by atoms with E-state index < -0.39 is 0 Å². The molecule has 0 aliphatic rings. The number of hydrogen-bond acceptors (Lipinski definition) is 1. The Morgan fingerprint density at radius 2 is 1.58 bits per heavy atom. The molecule has 1 unspecified atom stereocenters. The molecule has 2 aromatic rings. The molecule has 2 rings (SSSR count). The third-order valence-electron chi connectivity index (χ3n) is 3.53. The van der Waals surface area contributed by atoms with E-state index in [1.165, 1.54) is 11.1 Å². The van der Waals surface area contributed by atoms with Gasteiger partial charge in [-0.15, -0.1) is 0 Å². The molecular weight excluding hydrogens is 277 g/mol. The maximum Gasteiger partial charge on any atom is 0.0453 e. The molecule has 0 bridgehead atoms. The maximum atomic E-state index is 6.32. The molecule has 0 saturated heterocycles. The van der Waals surface area contributed by atoms with Crippen LogP contribution in [0.3, 0.4) is 0 Å². The van der Waals surface area contributed by atoms with Crippen LogP contribution in [0.25, 0.3) is 0 Å². The van der Waals surface area contributed by atoms with Gasteiger partial charge in [0.05, 0.1) is 0 Å².